The van der Waals surface area contributed by atoms with Gasteiger partial charge in [-0.2, -0.15) is 5.10 Å². The molecule has 2 aromatic carbocycles. The summed E-state index contributed by atoms with van der Waals surface area (Å²) in [5, 5.41) is 6.23. The molecule has 10 heteroatoms. The second-order valence-electron chi connectivity index (χ2n) is 6.00. The summed E-state index contributed by atoms with van der Waals surface area (Å²) in [6.45, 7) is 4.27. The molecule has 2 rings (SSSR count). The zero-order valence-corrected chi connectivity index (χ0v) is 17.2. The van der Waals surface area contributed by atoms with Crippen LogP contribution >= 0.6 is 0 Å². The Morgan fingerprint density at radius 3 is 2.29 bits per heavy atom. The van der Waals surface area contributed by atoms with Crippen molar-refractivity contribution in [1.82, 2.24) is 5.43 Å². The van der Waals surface area contributed by atoms with Gasteiger partial charge in [-0.25, -0.2) is 5.43 Å². The standard InChI is InChI=1S/C21H24N4O6/c1-3-29-16-8-6-15(7-9-16)24-20(27)21(28)25-23-12-14-5-10-17(31-13-19(22)26)18(11-14)30-4-2/h5-12H,3-4,13H2,1-2H3,(H2,22,26)(H,24,27)(H,25,28)/b23-12+. The first-order chi connectivity index (χ1) is 14.9. The summed E-state index contributed by atoms with van der Waals surface area (Å²) in [6.07, 6.45) is 1.34. The molecule has 0 aromatic heterocycles. The quantitative estimate of drug-likeness (QED) is 0.297. The summed E-state index contributed by atoms with van der Waals surface area (Å²) in [5.41, 5.74) is 8.24. The van der Waals surface area contributed by atoms with Crippen LogP contribution in [0.2, 0.25) is 0 Å². The summed E-state index contributed by atoms with van der Waals surface area (Å²) < 4.78 is 16.1. The van der Waals surface area contributed by atoms with E-state index in [2.05, 4.69) is 15.8 Å². The number of carbonyl (C=O) groups is 3. The number of ether oxygens (including phenoxy) is 3. The molecule has 2 aromatic rings. The number of anilines is 1. The van der Waals surface area contributed by atoms with E-state index in [9.17, 15) is 14.4 Å². The van der Waals surface area contributed by atoms with E-state index in [4.69, 9.17) is 19.9 Å². The van der Waals surface area contributed by atoms with Crippen LogP contribution in [-0.4, -0.2) is 43.8 Å². The molecule has 0 fully saturated rings. The van der Waals surface area contributed by atoms with Gasteiger partial charge in [-0.05, 0) is 61.9 Å². The third-order valence-corrected chi connectivity index (χ3v) is 3.65. The molecule has 3 amide bonds. The number of rotatable bonds is 10. The van der Waals surface area contributed by atoms with E-state index < -0.39 is 17.7 Å². The highest BCUT2D eigenvalue weighted by atomic mass is 16.5. The van der Waals surface area contributed by atoms with Gasteiger partial charge in [-0.3, -0.25) is 14.4 Å². The van der Waals surface area contributed by atoms with E-state index in [0.29, 0.717) is 41.7 Å². The van der Waals surface area contributed by atoms with Crippen LogP contribution in [0.4, 0.5) is 5.69 Å². The van der Waals surface area contributed by atoms with E-state index in [0.717, 1.165) is 0 Å². The lowest BCUT2D eigenvalue weighted by Crippen LogP contribution is -2.32. The van der Waals surface area contributed by atoms with Gasteiger partial charge in [0.05, 0.1) is 19.4 Å². The van der Waals surface area contributed by atoms with Crippen molar-refractivity contribution in [3.63, 3.8) is 0 Å². The minimum atomic E-state index is -0.934. The van der Waals surface area contributed by atoms with Crippen LogP contribution in [0.25, 0.3) is 0 Å². The molecule has 0 spiro atoms. The minimum Gasteiger partial charge on any atom is -0.494 e. The van der Waals surface area contributed by atoms with Crippen molar-refractivity contribution in [1.29, 1.82) is 0 Å². The van der Waals surface area contributed by atoms with Crippen molar-refractivity contribution in [2.24, 2.45) is 10.8 Å². The zero-order valence-electron chi connectivity index (χ0n) is 17.2. The lowest BCUT2D eigenvalue weighted by atomic mass is 10.2. The lowest BCUT2D eigenvalue weighted by molar-refractivity contribution is -0.136. The van der Waals surface area contributed by atoms with Gasteiger partial charge in [0, 0.05) is 5.69 Å². The van der Waals surface area contributed by atoms with E-state index in [1.165, 1.54) is 6.21 Å². The second-order valence-corrected chi connectivity index (χ2v) is 6.00. The molecule has 0 radical (unpaired) electrons. The van der Waals surface area contributed by atoms with Crippen molar-refractivity contribution in [3.05, 3.63) is 48.0 Å². The molecule has 10 nitrogen and oxygen atoms in total. The van der Waals surface area contributed by atoms with E-state index in [-0.39, 0.29) is 6.61 Å². The number of nitrogens with zero attached hydrogens (tertiary/aromatic N) is 1. The van der Waals surface area contributed by atoms with Crippen molar-refractivity contribution in [3.8, 4) is 17.2 Å². The monoisotopic (exact) mass is 428 g/mol. The van der Waals surface area contributed by atoms with Gasteiger partial charge in [-0.15, -0.1) is 0 Å². The predicted molar refractivity (Wildman–Crippen MR) is 114 cm³/mol. The molecule has 0 aliphatic carbocycles. The van der Waals surface area contributed by atoms with Gasteiger partial charge in [0.2, 0.25) is 0 Å². The second kappa shape index (κ2) is 11.8. The molecule has 0 aliphatic heterocycles. The van der Waals surface area contributed by atoms with Gasteiger partial charge in [0.15, 0.2) is 18.1 Å². The number of hydrogen-bond acceptors (Lipinski definition) is 7. The molecular formula is C21H24N4O6. The smallest absolute Gasteiger partial charge is 0.329 e. The van der Waals surface area contributed by atoms with Crippen LogP contribution in [0.15, 0.2) is 47.6 Å². The maximum absolute atomic E-state index is 12.0. The molecule has 31 heavy (non-hydrogen) atoms. The summed E-state index contributed by atoms with van der Waals surface area (Å²) >= 11 is 0. The fraction of sp³-hybridized carbons (Fsp3) is 0.238. The first-order valence-corrected chi connectivity index (χ1v) is 9.48. The van der Waals surface area contributed by atoms with Crippen molar-refractivity contribution in [2.75, 3.05) is 25.1 Å². The molecule has 164 valence electrons. The summed E-state index contributed by atoms with van der Waals surface area (Å²) in [4.78, 5) is 34.8. The minimum absolute atomic E-state index is 0.285. The number of carbonyl (C=O) groups excluding carboxylic acids is 3. The highest BCUT2D eigenvalue weighted by Crippen LogP contribution is 2.28. The van der Waals surface area contributed by atoms with Gasteiger partial charge < -0.3 is 25.3 Å². The van der Waals surface area contributed by atoms with Gasteiger partial charge in [-0.1, -0.05) is 0 Å². The Morgan fingerprint density at radius 1 is 0.935 bits per heavy atom. The summed E-state index contributed by atoms with van der Waals surface area (Å²) in [7, 11) is 0. The fourth-order valence-electron chi connectivity index (χ4n) is 2.35. The Kier molecular flexibility index (Phi) is 8.84. The lowest BCUT2D eigenvalue weighted by Gasteiger charge is -2.11. The predicted octanol–water partition coefficient (Wildman–Crippen LogP) is 1.44. The average molecular weight is 428 g/mol. The summed E-state index contributed by atoms with van der Waals surface area (Å²) in [5.74, 6) is -1.03. The Morgan fingerprint density at radius 2 is 1.65 bits per heavy atom. The number of benzene rings is 2. The zero-order chi connectivity index (χ0) is 22.6. The highest BCUT2D eigenvalue weighted by molar-refractivity contribution is 6.39. The first-order valence-electron chi connectivity index (χ1n) is 9.48. The van der Waals surface area contributed by atoms with E-state index >= 15 is 0 Å². The Balaban J connectivity index is 1.93. The molecule has 0 heterocycles. The average Bonchev–Trinajstić information content (AvgIpc) is 2.74. The molecule has 0 saturated carbocycles. The number of hydrogen-bond donors (Lipinski definition) is 3. The molecule has 0 atom stereocenters. The molecule has 0 aliphatic rings. The van der Waals surface area contributed by atoms with E-state index in [1.807, 2.05) is 6.92 Å². The molecule has 0 bridgehead atoms. The maximum atomic E-state index is 12.0. The molecule has 0 saturated heterocycles. The highest BCUT2D eigenvalue weighted by Gasteiger charge is 2.13. The molecule has 0 unspecified atom stereocenters. The maximum Gasteiger partial charge on any atom is 0.329 e. The first kappa shape index (κ1) is 23.2. The van der Waals surface area contributed by atoms with Crippen molar-refractivity contribution in [2.45, 2.75) is 13.8 Å². The van der Waals surface area contributed by atoms with E-state index in [1.54, 1.807) is 49.4 Å². The van der Waals surface area contributed by atoms with Crippen LogP contribution in [0.5, 0.6) is 17.2 Å². The van der Waals surface area contributed by atoms with Gasteiger partial charge in [0.1, 0.15) is 5.75 Å². The van der Waals surface area contributed by atoms with Crippen LogP contribution in [0.1, 0.15) is 19.4 Å². The van der Waals surface area contributed by atoms with Crippen molar-refractivity contribution < 1.29 is 28.6 Å². The topological polar surface area (TPSA) is 141 Å². The Bertz CT molecular complexity index is 943. The number of primary amides is 1. The normalized spacial score (nSPS) is 10.4. The Labute approximate surface area is 179 Å². The largest absolute Gasteiger partial charge is 0.494 e. The third kappa shape index (κ3) is 7.69. The van der Waals surface area contributed by atoms with Crippen LogP contribution in [-0.2, 0) is 14.4 Å². The molecular weight excluding hydrogens is 404 g/mol. The van der Waals surface area contributed by atoms with Crippen LogP contribution < -0.4 is 30.7 Å². The fourth-order valence-corrected chi connectivity index (χ4v) is 2.35. The van der Waals surface area contributed by atoms with Gasteiger partial charge >= 0.3 is 11.8 Å². The van der Waals surface area contributed by atoms with Crippen LogP contribution in [0, 0.1) is 0 Å². The molecule has 4 N–H and O–H groups in total. The third-order valence-electron chi connectivity index (χ3n) is 3.65. The van der Waals surface area contributed by atoms with Gasteiger partial charge in [0.25, 0.3) is 5.91 Å². The Hall–Kier alpha value is -4.08. The van der Waals surface area contributed by atoms with Crippen LogP contribution in [0.3, 0.4) is 0 Å². The van der Waals surface area contributed by atoms with Crippen molar-refractivity contribution >= 4 is 29.6 Å². The number of nitrogens with two attached hydrogens (primary N) is 1. The number of nitrogens with one attached hydrogen (secondary N) is 2. The summed E-state index contributed by atoms with van der Waals surface area (Å²) in [6, 6.07) is 11.4. The number of amides is 3. The SMILES string of the molecule is CCOc1ccc(NC(=O)C(=O)N/N=C/c2ccc(OCC(N)=O)c(OCC)c2)cc1. The number of hydrazone groups is 1.